The maximum Gasteiger partial charge on any atom is 0.192 e. The smallest absolute Gasteiger partial charge is 0.192 e. The Morgan fingerprint density at radius 2 is 1.87 bits per heavy atom. The van der Waals surface area contributed by atoms with Crippen molar-refractivity contribution in [1.82, 2.24) is 0 Å². The van der Waals surface area contributed by atoms with E-state index in [9.17, 15) is 5.11 Å². The molecule has 0 saturated heterocycles. The second kappa shape index (κ2) is 10.8. The summed E-state index contributed by atoms with van der Waals surface area (Å²) in [7, 11) is -1.88. The van der Waals surface area contributed by atoms with Crippen LogP contribution in [0.15, 0.2) is 39.4 Å². The largest absolute Gasteiger partial charge is 0.467 e. The molecule has 1 N–H and O–H groups in total. The Labute approximate surface area is 191 Å². The summed E-state index contributed by atoms with van der Waals surface area (Å²) in [4.78, 5) is 0. The Kier molecular flexibility index (Phi) is 8.99. The van der Waals surface area contributed by atoms with Crippen molar-refractivity contribution in [3.63, 3.8) is 0 Å². The van der Waals surface area contributed by atoms with Crippen molar-refractivity contribution < 1.29 is 13.9 Å². The maximum absolute atomic E-state index is 10.1. The lowest BCUT2D eigenvalue weighted by Gasteiger charge is -2.36. The molecule has 1 atom stereocenters. The van der Waals surface area contributed by atoms with Gasteiger partial charge in [-0.25, -0.2) is 0 Å². The fraction of sp³-hybridized carbons (Fsp3) is 0.520. The van der Waals surface area contributed by atoms with Gasteiger partial charge in [0.05, 0.1) is 25.4 Å². The molecule has 0 bridgehead atoms. The molecule has 3 nitrogen and oxygen atoms in total. The molecular formula is C25H35BrO3Si. The number of halogens is 1. The van der Waals surface area contributed by atoms with Gasteiger partial charge in [0, 0.05) is 21.2 Å². The summed E-state index contributed by atoms with van der Waals surface area (Å²) in [5.74, 6) is 7.41. The van der Waals surface area contributed by atoms with E-state index in [1.54, 1.807) is 6.26 Å². The Bertz CT molecular complexity index is 867. The van der Waals surface area contributed by atoms with E-state index in [2.05, 4.69) is 68.6 Å². The van der Waals surface area contributed by atoms with Crippen LogP contribution in [0.5, 0.6) is 0 Å². The molecule has 2 aromatic rings. The van der Waals surface area contributed by atoms with E-state index in [1.165, 1.54) is 0 Å². The summed E-state index contributed by atoms with van der Waals surface area (Å²) in [6.45, 7) is 13.7. The minimum Gasteiger partial charge on any atom is -0.467 e. The standard InChI is InChI=1S/C25H35BrO3Si/c1-7-8-9-20(13-10-19-11-14-22(26)15-12-19)24-23(16-27)21(17-28-24)18-29-30(5,6)25(2,3)4/h11-12,14-15,17,20,27H,7-9,16,18H2,1-6H3/t20-/m1/s1. The molecule has 2 rings (SSSR count). The van der Waals surface area contributed by atoms with Crippen LogP contribution in [-0.2, 0) is 17.6 Å². The molecule has 0 aliphatic rings. The summed E-state index contributed by atoms with van der Waals surface area (Å²) in [6, 6.07) is 7.99. The van der Waals surface area contributed by atoms with E-state index in [-0.39, 0.29) is 17.6 Å². The first-order chi connectivity index (χ1) is 14.1. The normalized spacial score (nSPS) is 13.1. The molecule has 0 fully saturated rings. The number of benzene rings is 1. The molecule has 0 aliphatic carbocycles. The molecule has 1 heterocycles. The highest BCUT2D eigenvalue weighted by Crippen LogP contribution is 2.38. The molecule has 0 amide bonds. The summed E-state index contributed by atoms with van der Waals surface area (Å²) in [5.41, 5.74) is 2.74. The summed E-state index contributed by atoms with van der Waals surface area (Å²) >= 11 is 3.46. The van der Waals surface area contributed by atoms with Crippen LogP contribution in [-0.4, -0.2) is 13.4 Å². The molecule has 5 heteroatoms. The molecule has 1 aromatic carbocycles. The molecule has 0 aliphatic heterocycles. The first-order valence-electron chi connectivity index (χ1n) is 10.7. The molecule has 164 valence electrons. The lowest BCUT2D eigenvalue weighted by atomic mass is 9.95. The van der Waals surface area contributed by atoms with E-state index in [0.29, 0.717) is 6.61 Å². The molecular weight excluding hydrogens is 456 g/mol. The molecule has 0 radical (unpaired) electrons. The number of hydrogen-bond acceptors (Lipinski definition) is 3. The molecule has 30 heavy (non-hydrogen) atoms. The van der Waals surface area contributed by atoms with Crippen LogP contribution in [0.3, 0.4) is 0 Å². The van der Waals surface area contributed by atoms with Gasteiger partial charge in [-0.1, -0.05) is 68.3 Å². The second-order valence-corrected chi connectivity index (χ2v) is 15.0. The molecule has 0 saturated carbocycles. The monoisotopic (exact) mass is 490 g/mol. The number of unbranched alkanes of at least 4 members (excludes halogenated alkanes) is 1. The van der Waals surface area contributed by atoms with Crippen LogP contribution >= 0.6 is 15.9 Å². The van der Waals surface area contributed by atoms with Gasteiger partial charge in [-0.05, 0) is 48.8 Å². The Hall–Kier alpha value is -1.32. The van der Waals surface area contributed by atoms with Crippen LogP contribution in [0.4, 0.5) is 0 Å². The summed E-state index contributed by atoms with van der Waals surface area (Å²) in [6.07, 6.45) is 4.80. The Balaban J connectivity index is 2.28. The molecule has 0 unspecified atom stereocenters. The zero-order chi connectivity index (χ0) is 22.4. The van der Waals surface area contributed by atoms with Gasteiger partial charge in [0.2, 0.25) is 0 Å². The van der Waals surface area contributed by atoms with Crippen LogP contribution in [0.25, 0.3) is 0 Å². The lowest BCUT2D eigenvalue weighted by molar-refractivity contribution is 0.258. The van der Waals surface area contributed by atoms with E-state index in [1.807, 2.05) is 24.3 Å². The molecule has 0 spiro atoms. The van der Waals surface area contributed by atoms with Gasteiger partial charge in [-0.2, -0.15) is 0 Å². The van der Waals surface area contributed by atoms with Gasteiger partial charge in [0.1, 0.15) is 5.76 Å². The fourth-order valence-electron chi connectivity index (χ4n) is 2.88. The van der Waals surface area contributed by atoms with Crippen molar-refractivity contribution in [1.29, 1.82) is 0 Å². The number of aliphatic hydroxyl groups excluding tert-OH is 1. The fourth-order valence-corrected chi connectivity index (χ4v) is 4.10. The van der Waals surface area contributed by atoms with Crippen LogP contribution < -0.4 is 0 Å². The number of furan rings is 1. The number of aliphatic hydroxyl groups is 1. The molecule has 1 aromatic heterocycles. The number of rotatable bonds is 8. The van der Waals surface area contributed by atoms with Crippen LogP contribution in [0.1, 0.15) is 75.3 Å². The van der Waals surface area contributed by atoms with E-state index in [4.69, 9.17) is 8.84 Å². The minimum atomic E-state index is -1.88. The van der Waals surface area contributed by atoms with Crippen molar-refractivity contribution in [2.75, 3.05) is 0 Å². The van der Waals surface area contributed by atoms with Crippen molar-refractivity contribution in [3.8, 4) is 11.8 Å². The average Bonchev–Trinajstić information content (AvgIpc) is 3.10. The van der Waals surface area contributed by atoms with Gasteiger partial charge < -0.3 is 13.9 Å². The van der Waals surface area contributed by atoms with Crippen LogP contribution in [0, 0.1) is 11.8 Å². The number of hydrogen-bond donors (Lipinski definition) is 1. The zero-order valence-corrected chi connectivity index (χ0v) is 21.7. The summed E-state index contributed by atoms with van der Waals surface area (Å²) < 4.78 is 13.4. The Morgan fingerprint density at radius 3 is 2.43 bits per heavy atom. The van der Waals surface area contributed by atoms with Gasteiger partial charge >= 0.3 is 0 Å². The van der Waals surface area contributed by atoms with Gasteiger partial charge in [0.25, 0.3) is 0 Å². The maximum atomic E-state index is 10.1. The van der Waals surface area contributed by atoms with Crippen LogP contribution in [0.2, 0.25) is 18.1 Å². The predicted molar refractivity (Wildman–Crippen MR) is 130 cm³/mol. The van der Waals surface area contributed by atoms with Crippen molar-refractivity contribution in [3.05, 3.63) is 57.5 Å². The quantitative estimate of drug-likeness (QED) is 0.309. The average molecular weight is 492 g/mol. The summed E-state index contributed by atoms with van der Waals surface area (Å²) in [5, 5.41) is 10.2. The SMILES string of the molecule is CCCC[C@H](C#Cc1ccc(Br)cc1)c1occ(CO[Si](C)(C)C(C)(C)C)c1CO. The highest BCUT2D eigenvalue weighted by atomic mass is 79.9. The van der Waals surface area contributed by atoms with Crippen molar-refractivity contribution >= 4 is 24.2 Å². The third-order valence-corrected chi connectivity index (χ3v) is 11.0. The predicted octanol–water partition coefficient (Wildman–Crippen LogP) is 7.38. The van der Waals surface area contributed by atoms with Crippen molar-refractivity contribution in [2.45, 2.75) is 84.2 Å². The highest BCUT2D eigenvalue weighted by molar-refractivity contribution is 9.10. The lowest BCUT2D eigenvalue weighted by Crippen LogP contribution is -2.40. The highest BCUT2D eigenvalue weighted by Gasteiger charge is 2.37. The minimum absolute atomic E-state index is 0.0441. The van der Waals surface area contributed by atoms with E-state index >= 15 is 0 Å². The Morgan fingerprint density at radius 1 is 1.20 bits per heavy atom. The zero-order valence-electron chi connectivity index (χ0n) is 19.1. The first-order valence-corrected chi connectivity index (χ1v) is 14.4. The van der Waals surface area contributed by atoms with Gasteiger partial charge in [-0.15, -0.1) is 0 Å². The van der Waals surface area contributed by atoms with Gasteiger partial charge in [-0.3, -0.25) is 0 Å². The topological polar surface area (TPSA) is 42.6 Å². The van der Waals surface area contributed by atoms with E-state index in [0.717, 1.165) is 46.2 Å². The second-order valence-electron chi connectivity index (χ2n) is 9.28. The van der Waals surface area contributed by atoms with Crippen molar-refractivity contribution in [2.24, 2.45) is 0 Å². The third-order valence-electron chi connectivity index (χ3n) is 5.96. The van der Waals surface area contributed by atoms with Gasteiger partial charge in [0.15, 0.2) is 8.32 Å². The van der Waals surface area contributed by atoms with E-state index < -0.39 is 8.32 Å². The first kappa shape index (κ1) is 24.9. The third kappa shape index (κ3) is 6.59.